The van der Waals surface area contributed by atoms with Crippen LogP contribution in [0.2, 0.25) is 0 Å². The molecule has 1 aromatic heterocycles. The van der Waals surface area contributed by atoms with Gasteiger partial charge in [-0.2, -0.15) is 0 Å². The van der Waals surface area contributed by atoms with Crippen molar-refractivity contribution in [2.24, 2.45) is 0 Å². The van der Waals surface area contributed by atoms with Crippen LogP contribution in [0.25, 0.3) is 0 Å². The third kappa shape index (κ3) is 4.79. The molecule has 30 heavy (non-hydrogen) atoms. The minimum atomic E-state index is -0.423. The first-order valence-electron chi connectivity index (χ1n) is 10.3. The highest BCUT2D eigenvalue weighted by molar-refractivity contribution is 5.94. The van der Waals surface area contributed by atoms with Gasteiger partial charge in [0, 0.05) is 25.1 Å². The van der Waals surface area contributed by atoms with Gasteiger partial charge in [0.2, 0.25) is 5.89 Å². The molecule has 3 aromatic rings. The molecular formula is C23H26N4O3. The van der Waals surface area contributed by atoms with Crippen molar-refractivity contribution < 1.29 is 13.9 Å². The Kier molecular flexibility index (Phi) is 6.27. The highest BCUT2D eigenvalue weighted by atomic mass is 16.5. The van der Waals surface area contributed by atoms with Crippen LogP contribution in [-0.2, 0) is 6.42 Å². The highest BCUT2D eigenvalue weighted by Crippen LogP contribution is 2.24. The fourth-order valence-corrected chi connectivity index (χ4v) is 3.61. The Bertz CT molecular complexity index is 950. The average molecular weight is 406 g/mol. The van der Waals surface area contributed by atoms with Crippen LogP contribution in [0.5, 0.6) is 5.75 Å². The zero-order valence-corrected chi connectivity index (χ0v) is 17.1. The predicted molar refractivity (Wildman–Crippen MR) is 114 cm³/mol. The molecule has 1 N–H and O–H groups in total. The maximum atomic E-state index is 12.9. The summed E-state index contributed by atoms with van der Waals surface area (Å²) in [5, 5.41) is 11.6. The van der Waals surface area contributed by atoms with E-state index in [9.17, 15) is 4.79 Å². The van der Waals surface area contributed by atoms with Crippen molar-refractivity contribution in [3.05, 3.63) is 71.6 Å². The zero-order chi connectivity index (χ0) is 20.8. The topological polar surface area (TPSA) is 80.5 Å². The van der Waals surface area contributed by atoms with Crippen LogP contribution in [0, 0.1) is 0 Å². The van der Waals surface area contributed by atoms with Gasteiger partial charge in [0.1, 0.15) is 11.8 Å². The summed E-state index contributed by atoms with van der Waals surface area (Å²) in [6.45, 7) is 1.84. The molecule has 4 rings (SSSR count). The fraction of sp³-hybridized carbons (Fsp3) is 0.348. The molecule has 1 fully saturated rings. The van der Waals surface area contributed by atoms with Crippen LogP contribution >= 0.6 is 0 Å². The van der Waals surface area contributed by atoms with Crippen LogP contribution in [0.3, 0.4) is 0 Å². The molecule has 0 spiro atoms. The van der Waals surface area contributed by atoms with Gasteiger partial charge in [0.15, 0.2) is 0 Å². The first-order valence-corrected chi connectivity index (χ1v) is 10.3. The molecule has 0 aliphatic carbocycles. The summed E-state index contributed by atoms with van der Waals surface area (Å²) in [6, 6.07) is 17.1. The van der Waals surface area contributed by atoms with Crippen molar-refractivity contribution in [3.63, 3.8) is 0 Å². The van der Waals surface area contributed by atoms with E-state index in [1.807, 2.05) is 30.3 Å². The van der Waals surface area contributed by atoms with Gasteiger partial charge in [0.05, 0.1) is 7.11 Å². The van der Waals surface area contributed by atoms with E-state index in [4.69, 9.17) is 9.15 Å². The molecule has 1 aliphatic rings. The lowest BCUT2D eigenvalue weighted by Gasteiger charge is -2.24. The van der Waals surface area contributed by atoms with E-state index in [-0.39, 0.29) is 5.91 Å². The maximum Gasteiger partial charge on any atom is 0.318 e. The number of ether oxygens (including phenoxy) is 1. The van der Waals surface area contributed by atoms with E-state index in [2.05, 4.69) is 20.4 Å². The number of methoxy groups -OCH3 is 1. The van der Waals surface area contributed by atoms with E-state index in [0.717, 1.165) is 31.5 Å². The highest BCUT2D eigenvalue weighted by Gasteiger charge is 2.24. The predicted octanol–water partition coefficient (Wildman–Crippen LogP) is 3.78. The van der Waals surface area contributed by atoms with Crippen molar-refractivity contribution in [2.75, 3.05) is 25.1 Å². The van der Waals surface area contributed by atoms with Crippen molar-refractivity contribution in [3.8, 4) is 5.75 Å². The summed E-state index contributed by atoms with van der Waals surface area (Å²) in [7, 11) is 1.60. The Morgan fingerprint density at radius 1 is 1.07 bits per heavy atom. The van der Waals surface area contributed by atoms with Gasteiger partial charge in [-0.05, 0) is 49.1 Å². The average Bonchev–Trinajstić information content (AvgIpc) is 3.30. The molecule has 0 bridgehead atoms. The summed E-state index contributed by atoms with van der Waals surface area (Å²) in [5.74, 6) is 0.924. The lowest BCUT2D eigenvalue weighted by Crippen LogP contribution is -2.30. The molecule has 2 aromatic carbocycles. The fourth-order valence-electron chi connectivity index (χ4n) is 3.61. The number of hydrogen-bond acceptors (Lipinski definition) is 6. The first-order chi connectivity index (χ1) is 14.7. The molecule has 0 unspecified atom stereocenters. The molecule has 7 heteroatoms. The molecule has 2 heterocycles. The normalized spacial score (nSPS) is 14.9. The van der Waals surface area contributed by atoms with Gasteiger partial charge in [-0.15, -0.1) is 5.10 Å². The second-order valence-corrected chi connectivity index (χ2v) is 7.41. The minimum Gasteiger partial charge on any atom is -0.497 e. The van der Waals surface area contributed by atoms with Crippen LogP contribution in [0.15, 0.2) is 59.0 Å². The quantitative estimate of drug-likeness (QED) is 0.643. The summed E-state index contributed by atoms with van der Waals surface area (Å²) in [5.41, 5.74) is 1.62. The van der Waals surface area contributed by atoms with Crippen molar-refractivity contribution in [2.45, 2.75) is 31.7 Å². The van der Waals surface area contributed by atoms with Crippen LogP contribution < -0.4 is 15.0 Å². The molecule has 156 valence electrons. The first kappa shape index (κ1) is 19.9. The Morgan fingerprint density at radius 3 is 2.50 bits per heavy atom. The maximum absolute atomic E-state index is 12.9. The third-order valence-electron chi connectivity index (χ3n) is 5.29. The number of carbonyl (C=O) groups is 1. The molecule has 1 saturated heterocycles. The number of aromatic nitrogens is 2. The largest absolute Gasteiger partial charge is 0.497 e. The van der Waals surface area contributed by atoms with Crippen LogP contribution in [0.4, 0.5) is 6.01 Å². The SMILES string of the molecule is COc1ccc(C(=O)N[C@@H](Cc2ccccc2)c2nnc(N3CCCCC3)o2)cc1. The van der Waals surface area contributed by atoms with E-state index < -0.39 is 6.04 Å². The Morgan fingerprint density at radius 2 is 1.80 bits per heavy atom. The second kappa shape index (κ2) is 9.43. The van der Waals surface area contributed by atoms with Crippen molar-refractivity contribution in [1.82, 2.24) is 15.5 Å². The van der Waals surface area contributed by atoms with E-state index in [1.54, 1.807) is 31.4 Å². The monoisotopic (exact) mass is 406 g/mol. The number of piperidine rings is 1. The van der Waals surface area contributed by atoms with Gasteiger partial charge < -0.3 is 19.4 Å². The van der Waals surface area contributed by atoms with Gasteiger partial charge in [0.25, 0.3) is 5.91 Å². The number of amides is 1. The van der Waals surface area contributed by atoms with Crippen molar-refractivity contribution >= 4 is 11.9 Å². The molecular weight excluding hydrogens is 380 g/mol. The summed E-state index contributed by atoms with van der Waals surface area (Å²) < 4.78 is 11.2. The number of nitrogens with zero attached hydrogens (tertiary/aromatic N) is 3. The van der Waals surface area contributed by atoms with Crippen LogP contribution in [0.1, 0.15) is 47.1 Å². The second-order valence-electron chi connectivity index (χ2n) is 7.41. The Labute approximate surface area is 176 Å². The van der Waals surface area contributed by atoms with Gasteiger partial charge in [-0.3, -0.25) is 4.79 Å². The standard InChI is InChI=1S/C23H26N4O3/c1-29-19-12-10-18(11-13-19)21(28)24-20(16-17-8-4-2-5-9-17)22-25-26-23(30-22)27-14-6-3-7-15-27/h2,4-5,8-13,20H,3,6-7,14-16H2,1H3,(H,24,28)/t20-/m0/s1. The number of carbonyl (C=O) groups excluding carboxylic acids is 1. The zero-order valence-electron chi connectivity index (χ0n) is 17.1. The summed E-state index contributed by atoms with van der Waals surface area (Å²) in [6.07, 6.45) is 4.04. The summed E-state index contributed by atoms with van der Waals surface area (Å²) in [4.78, 5) is 15.0. The number of hydrogen-bond donors (Lipinski definition) is 1. The smallest absolute Gasteiger partial charge is 0.318 e. The number of anilines is 1. The van der Waals surface area contributed by atoms with Gasteiger partial charge in [-0.25, -0.2) is 0 Å². The molecule has 1 atom stereocenters. The molecule has 0 saturated carbocycles. The number of nitrogens with one attached hydrogen (secondary N) is 1. The number of rotatable bonds is 7. The molecule has 0 radical (unpaired) electrons. The minimum absolute atomic E-state index is 0.198. The van der Waals surface area contributed by atoms with E-state index in [1.165, 1.54) is 6.42 Å². The van der Waals surface area contributed by atoms with E-state index >= 15 is 0 Å². The van der Waals surface area contributed by atoms with Crippen molar-refractivity contribution in [1.29, 1.82) is 0 Å². The molecule has 7 nitrogen and oxygen atoms in total. The Balaban J connectivity index is 1.54. The Hall–Kier alpha value is -3.35. The van der Waals surface area contributed by atoms with Gasteiger partial charge in [-0.1, -0.05) is 35.4 Å². The molecule has 1 amide bonds. The lowest BCUT2D eigenvalue weighted by molar-refractivity contribution is 0.0930. The summed E-state index contributed by atoms with van der Waals surface area (Å²) >= 11 is 0. The van der Waals surface area contributed by atoms with Gasteiger partial charge >= 0.3 is 6.01 Å². The van der Waals surface area contributed by atoms with E-state index in [0.29, 0.717) is 29.6 Å². The molecule has 1 aliphatic heterocycles. The van der Waals surface area contributed by atoms with Crippen LogP contribution in [-0.4, -0.2) is 36.3 Å². The number of benzene rings is 2. The third-order valence-corrected chi connectivity index (χ3v) is 5.29. The lowest BCUT2D eigenvalue weighted by atomic mass is 10.1.